The van der Waals surface area contributed by atoms with Crippen LogP contribution in [-0.2, 0) is 4.79 Å². The van der Waals surface area contributed by atoms with Crippen LogP contribution in [-0.4, -0.2) is 18.0 Å². The number of amides is 1. The average Bonchev–Trinajstić information content (AvgIpc) is 3.03. The SMILES string of the molecule is CCC(CC)C(=O)NC(C)(CN)C1CC1.Cl. The molecule has 1 fully saturated rings. The molecule has 0 saturated heterocycles. The van der Waals surface area contributed by atoms with E-state index in [-0.39, 0.29) is 29.8 Å². The Morgan fingerprint density at radius 1 is 1.44 bits per heavy atom. The summed E-state index contributed by atoms with van der Waals surface area (Å²) in [4.78, 5) is 11.9. The van der Waals surface area contributed by atoms with Crippen LogP contribution >= 0.6 is 12.4 Å². The minimum Gasteiger partial charge on any atom is -0.349 e. The van der Waals surface area contributed by atoms with Crippen molar-refractivity contribution in [2.75, 3.05) is 6.54 Å². The van der Waals surface area contributed by atoms with E-state index in [4.69, 9.17) is 5.73 Å². The summed E-state index contributed by atoms with van der Waals surface area (Å²) in [6.45, 7) is 6.74. The molecular weight excluding hydrogens is 224 g/mol. The van der Waals surface area contributed by atoms with Crippen LogP contribution in [0, 0.1) is 11.8 Å². The molecule has 0 aromatic heterocycles. The minimum atomic E-state index is -0.167. The maximum Gasteiger partial charge on any atom is 0.223 e. The van der Waals surface area contributed by atoms with Crippen molar-refractivity contribution in [1.29, 1.82) is 0 Å². The van der Waals surface area contributed by atoms with Gasteiger partial charge in [0.15, 0.2) is 0 Å². The van der Waals surface area contributed by atoms with Crippen LogP contribution in [0.15, 0.2) is 0 Å². The summed E-state index contributed by atoms with van der Waals surface area (Å²) in [5.41, 5.74) is 5.60. The second-order valence-electron chi connectivity index (χ2n) is 4.90. The van der Waals surface area contributed by atoms with Crippen molar-refractivity contribution >= 4 is 18.3 Å². The third kappa shape index (κ3) is 3.63. The van der Waals surface area contributed by atoms with Crippen LogP contribution in [0.3, 0.4) is 0 Å². The zero-order valence-corrected chi connectivity index (χ0v) is 11.4. The second-order valence-corrected chi connectivity index (χ2v) is 4.90. The molecule has 96 valence electrons. The van der Waals surface area contributed by atoms with E-state index in [9.17, 15) is 4.79 Å². The number of nitrogens with two attached hydrogens (primary N) is 1. The Morgan fingerprint density at radius 3 is 2.25 bits per heavy atom. The fourth-order valence-electron chi connectivity index (χ4n) is 2.08. The predicted octanol–water partition coefficient (Wildman–Crippen LogP) is 2.09. The zero-order valence-electron chi connectivity index (χ0n) is 10.6. The lowest BCUT2D eigenvalue weighted by molar-refractivity contribution is -0.127. The number of carbonyl (C=O) groups is 1. The monoisotopic (exact) mass is 248 g/mol. The van der Waals surface area contributed by atoms with E-state index in [2.05, 4.69) is 26.1 Å². The summed E-state index contributed by atoms with van der Waals surface area (Å²) in [5.74, 6) is 0.926. The first-order chi connectivity index (χ1) is 7.07. The standard InChI is InChI=1S/C12H24N2O.ClH/c1-4-9(5-2)11(15)14-12(3,8-13)10-6-7-10;/h9-10H,4-8,13H2,1-3H3,(H,14,15);1H. The van der Waals surface area contributed by atoms with E-state index >= 15 is 0 Å². The van der Waals surface area contributed by atoms with Gasteiger partial charge in [-0.1, -0.05) is 13.8 Å². The lowest BCUT2D eigenvalue weighted by atomic mass is 9.93. The summed E-state index contributed by atoms with van der Waals surface area (Å²) < 4.78 is 0. The summed E-state index contributed by atoms with van der Waals surface area (Å²) in [6, 6.07) is 0. The fraction of sp³-hybridized carbons (Fsp3) is 0.917. The molecule has 1 amide bonds. The van der Waals surface area contributed by atoms with Crippen molar-refractivity contribution in [1.82, 2.24) is 5.32 Å². The normalized spacial score (nSPS) is 18.8. The molecule has 0 aliphatic heterocycles. The molecule has 16 heavy (non-hydrogen) atoms. The topological polar surface area (TPSA) is 55.1 Å². The second kappa shape index (κ2) is 6.45. The summed E-state index contributed by atoms with van der Waals surface area (Å²) in [5, 5.41) is 3.14. The number of hydrogen-bond acceptors (Lipinski definition) is 2. The van der Waals surface area contributed by atoms with Gasteiger partial charge in [0.05, 0.1) is 5.54 Å². The highest BCUT2D eigenvalue weighted by Crippen LogP contribution is 2.39. The van der Waals surface area contributed by atoms with Crippen molar-refractivity contribution in [2.24, 2.45) is 17.6 Å². The summed E-state index contributed by atoms with van der Waals surface area (Å²) in [6.07, 6.45) is 4.23. The Balaban J connectivity index is 0.00000225. The summed E-state index contributed by atoms with van der Waals surface area (Å²) in [7, 11) is 0. The maximum atomic E-state index is 11.9. The van der Waals surface area contributed by atoms with Crippen LogP contribution in [0.25, 0.3) is 0 Å². The molecule has 0 aromatic carbocycles. The van der Waals surface area contributed by atoms with E-state index in [1.54, 1.807) is 0 Å². The number of halogens is 1. The molecule has 0 radical (unpaired) electrons. The minimum absolute atomic E-state index is 0. The van der Waals surface area contributed by atoms with Gasteiger partial charge in [0.1, 0.15) is 0 Å². The maximum absolute atomic E-state index is 11.9. The lowest BCUT2D eigenvalue weighted by Crippen LogP contribution is -2.54. The van der Waals surface area contributed by atoms with Crippen LogP contribution in [0.2, 0.25) is 0 Å². The van der Waals surface area contributed by atoms with Gasteiger partial charge in [0, 0.05) is 12.5 Å². The van der Waals surface area contributed by atoms with E-state index in [0.717, 1.165) is 12.8 Å². The Morgan fingerprint density at radius 2 is 1.94 bits per heavy atom. The molecule has 0 bridgehead atoms. The molecule has 1 aliphatic rings. The number of rotatable bonds is 6. The molecule has 0 heterocycles. The molecule has 1 unspecified atom stereocenters. The molecular formula is C12H25ClN2O. The molecule has 1 rings (SSSR count). The van der Waals surface area contributed by atoms with E-state index in [1.165, 1.54) is 12.8 Å². The van der Waals surface area contributed by atoms with Crippen molar-refractivity contribution in [3.8, 4) is 0 Å². The van der Waals surface area contributed by atoms with Gasteiger partial charge in [-0.25, -0.2) is 0 Å². The molecule has 0 aromatic rings. The highest BCUT2D eigenvalue weighted by Gasteiger charge is 2.42. The molecule has 3 N–H and O–H groups in total. The van der Waals surface area contributed by atoms with Gasteiger partial charge in [0.2, 0.25) is 5.91 Å². The molecule has 3 nitrogen and oxygen atoms in total. The quantitative estimate of drug-likeness (QED) is 0.756. The van der Waals surface area contributed by atoms with Crippen molar-refractivity contribution < 1.29 is 4.79 Å². The third-order valence-corrected chi connectivity index (χ3v) is 3.67. The van der Waals surface area contributed by atoms with Crippen LogP contribution < -0.4 is 11.1 Å². The number of hydrogen-bond donors (Lipinski definition) is 2. The smallest absolute Gasteiger partial charge is 0.223 e. The van der Waals surface area contributed by atoms with Crippen LogP contribution in [0.1, 0.15) is 46.5 Å². The molecule has 1 aliphatic carbocycles. The number of carbonyl (C=O) groups excluding carboxylic acids is 1. The van der Waals surface area contributed by atoms with Gasteiger partial charge in [-0.15, -0.1) is 12.4 Å². The van der Waals surface area contributed by atoms with E-state index in [0.29, 0.717) is 12.5 Å². The van der Waals surface area contributed by atoms with Gasteiger partial charge in [0.25, 0.3) is 0 Å². The van der Waals surface area contributed by atoms with Crippen LogP contribution in [0.5, 0.6) is 0 Å². The molecule has 0 spiro atoms. The lowest BCUT2D eigenvalue weighted by Gasteiger charge is -2.31. The van der Waals surface area contributed by atoms with Crippen molar-refractivity contribution in [3.63, 3.8) is 0 Å². The van der Waals surface area contributed by atoms with Gasteiger partial charge >= 0.3 is 0 Å². The highest BCUT2D eigenvalue weighted by atomic mass is 35.5. The zero-order chi connectivity index (χ0) is 11.5. The van der Waals surface area contributed by atoms with Crippen LogP contribution in [0.4, 0.5) is 0 Å². The Kier molecular flexibility index (Phi) is 6.34. The van der Waals surface area contributed by atoms with Gasteiger partial charge in [-0.3, -0.25) is 4.79 Å². The Hall–Kier alpha value is -0.280. The average molecular weight is 249 g/mol. The molecule has 1 saturated carbocycles. The Labute approximate surface area is 105 Å². The molecule has 1 atom stereocenters. The van der Waals surface area contributed by atoms with E-state index < -0.39 is 0 Å². The van der Waals surface area contributed by atoms with Gasteiger partial charge < -0.3 is 11.1 Å². The van der Waals surface area contributed by atoms with Gasteiger partial charge in [-0.05, 0) is 38.5 Å². The molecule has 4 heteroatoms. The first-order valence-corrected chi connectivity index (χ1v) is 6.09. The fourth-order valence-corrected chi connectivity index (χ4v) is 2.08. The predicted molar refractivity (Wildman–Crippen MR) is 69.6 cm³/mol. The first kappa shape index (κ1) is 15.7. The number of nitrogens with one attached hydrogen (secondary N) is 1. The Bertz CT molecular complexity index is 227. The van der Waals surface area contributed by atoms with E-state index in [1.807, 2.05) is 0 Å². The van der Waals surface area contributed by atoms with Crippen molar-refractivity contribution in [2.45, 2.75) is 52.0 Å². The highest BCUT2D eigenvalue weighted by molar-refractivity contribution is 5.85. The first-order valence-electron chi connectivity index (χ1n) is 6.09. The third-order valence-electron chi connectivity index (χ3n) is 3.67. The summed E-state index contributed by atoms with van der Waals surface area (Å²) >= 11 is 0. The van der Waals surface area contributed by atoms with Gasteiger partial charge in [-0.2, -0.15) is 0 Å². The largest absolute Gasteiger partial charge is 0.349 e. The van der Waals surface area contributed by atoms with Crippen molar-refractivity contribution in [3.05, 3.63) is 0 Å².